The Labute approximate surface area is 164 Å². The fourth-order valence-electron chi connectivity index (χ4n) is 2.65. The van der Waals surface area contributed by atoms with Crippen molar-refractivity contribution in [3.05, 3.63) is 54.1 Å². The number of hydrogen-bond acceptors (Lipinski definition) is 5. The summed E-state index contributed by atoms with van der Waals surface area (Å²) in [6.45, 7) is 2.71. The van der Waals surface area contributed by atoms with Crippen LogP contribution in [0.1, 0.15) is 30.1 Å². The lowest BCUT2D eigenvalue weighted by Gasteiger charge is -2.19. The van der Waals surface area contributed by atoms with Crippen LogP contribution in [-0.2, 0) is 0 Å². The van der Waals surface area contributed by atoms with Crippen LogP contribution in [0.4, 0.5) is 5.13 Å². The van der Waals surface area contributed by atoms with Crippen molar-refractivity contribution in [2.45, 2.75) is 19.8 Å². The first-order valence-corrected chi connectivity index (χ1v) is 9.80. The smallest absolute Gasteiger partial charge is 0.260 e. The Morgan fingerprint density at radius 3 is 2.67 bits per heavy atom. The number of ether oxygens (including phenoxy) is 1. The molecule has 3 aromatic rings. The number of rotatable bonds is 7. The Morgan fingerprint density at radius 1 is 1.19 bits per heavy atom. The van der Waals surface area contributed by atoms with E-state index in [4.69, 9.17) is 4.74 Å². The van der Waals surface area contributed by atoms with Gasteiger partial charge in [0, 0.05) is 17.7 Å². The average molecular weight is 379 g/mol. The number of unbranched alkanes of at least 4 members (excludes halogenated alkanes) is 1. The third-order valence-corrected chi connectivity index (χ3v) is 5.24. The number of hydrogen-bond donors (Lipinski definition) is 0. The van der Waals surface area contributed by atoms with Crippen LogP contribution in [0.15, 0.2) is 48.5 Å². The van der Waals surface area contributed by atoms with E-state index >= 15 is 0 Å². The Hall–Kier alpha value is -2.67. The van der Waals surface area contributed by atoms with Gasteiger partial charge in [-0.25, -0.2) is 0 Å². The lowest BCUT2D eigenvalue weighted by molar-refractivity contribution is 0.0986. The van der Waals surface area contributed by atoms with Crippen molar-refractivity contribution in [1.82, 2.24) is 10.2 Å². The van der Waals surface area contributed by atoms with Gasteiger partial charge in [-0.2, -0.15) is 0 Å². The lowest BCUT2D eigenvalue weighted by Crippen LogP contribution is -2.31. The predicted molar refractivity (Wildman–Crippen MR) is 113 cm³/mol. The molecule has 0 atom stereocenters. The van der Waals surface area contributed by atoms with Crippen LogP contribution in [0.25, 0.3) is 10.6 Å². The van der Waals surface area contributed by atoms with Crippen molar-refractivity contribution in [1.29, 1.82) is 0 Å². The van der Waals surface area contributed by atoms with Gasteiger partial charge in [-0.1, -0.05) is 60.5 Å². The molecule has 1 aromatic heterocycles. The first-order chi connectivity index (χ1) is 13.1. The Morgan fingerprint density at radius 2 is 1.96 bits per heavy atom. The number of benzene rings is 2. The molecule has 5 nitrogen and oxygen atoms in total. The summed E-state index contributed by atoms with van der Waals surface area (Å²) >= 11 is 1.43. The average Bonchev–Trinajstić information content (AvgIpc) is 3.18. The largest absolute Gasteiger partial charge is 0.497 e. The molecule has 0 bridgehead atoms. The van der Waals surface area contributed by atoms with Crippen LogP contribution >= 0.6 is 11.3 Å². The number of nitrogens with zero attached hydrogens (tertiary/aromatic N) is 3. The van der Waals surface area contributed by atoms with E-state index in [0.717, 1.165) is 23.4 Å². The van der Waals surface area contributed by atoms with Gasteiger partial charge < -0.3 is 4.74 Å². The molecule has 0 N–H and O–H groups in total. The SMILES string of the molecule is Bc1ccc(-c2nnc(N(CCCC)C(=O)c3cccc(OC)c3)s2)cc1. The highest BCUT2D eigenvalue weighted by Crippen LogP contribution is 2.29. The van der Waals surface area contributed by atoms with Gasteiger partial charge in [-0.15, -0.1) is 10.2 Å². The highest BCUT2D eigenvalue weighted by molar-refractivity contribution is 7.18. The molecule has 0 radical (unpaired) electrons. The molecular weight excluding hydrogens is 357 g/mol. The van der Waals surface area contributed by atoms with E-state index in [1.54, 1.807) is 24.1 Å². The Kier molecular flexibility index (Phi) is 6.24. The van der Waals surface area contributed by atoms with Crippen LogP contribution in [0.5, 0.6) is 5.75 Å². The molecule has 0 aliphatic heterocycles. The van der Waals surface area contributed by atoms with E-state index in [-0.39, 0.29) is 5.91 Å². The molecular formula is C20H22BN3O2S. The van der Waals surface area contributed by atoms with Crippen molar-refractivity contribution in [2.24, 2.45) is 0 Å². The number of anilines is 1. The highest BCUT2D eigenvalue weighted by atomic mass is 32.1. The molecule has 0 saturated carbocycles. The predicted octanol–water partition coefficient (Wildman–Crippen LogP) is 2.92. The first-order valence-electron chi connectivity index (χ1n) is 8.99. The minimum Gasteiger partial charge on any atom is -0.497 e. The molecule has 3 rings (SSSR count). The van der Waals surface area contributed by atoms with Gasteiger partial charge in [-0.05, 0) is 24.6 Å². The first kappa shape index (κ1) is 19.1. The summed E-state index contributed by atoms with van der Waals surface area (Å²) in [5, 5.41) is 10.0. The van der Waals surface area contributed by atoms with Gasteiger partial charge in [-0.3, -0.25) is 9.69 Å². The Balaban J connectivity index is 1.90. The fourth-order valence-corrected chi connectivity index (χ4v) is 3.52. The van der Waals surface area contributed by atoms with Crippen molar-refractivity contribution in [2.75, 3.05) is 18.6 Å². The maximum atomic E-state index is 13.1. The van der Waals surface area contributed by atoms with E-state index in [1.807, 2.05) is 36.4 Å². The zero-order valence-corrected chi connectivity index (χ0v) is 16.6. The maximum absolute atomic E-state index is 13.1. The molecule has 7 heteroatoms. The van der Waals surface area contributed by atoms with Crippen LogP contribution < -0.4 is 15.1 Å². The highest BCUT2D eigenvalue weighted by Gasteiger charge is 2.22. The summed E-state index contributed by atoms with van der Waals surface area (Å²) in [5.41, 5.74) is 2.78. The topological polar surface area (TPSA) is 55.3 Å². The molecule has 1 heterocycles. The number of carbonyl (C=O) groups excluding carboxylic acids is 1. The maximum Gasteiger partial charge on any atom is 0.260 e. The van der Waals surface area contributed by atoms with Crippen LogP contribution in [0, 0.1) is 0 Å². The summed E-state index contributed by atoms with van der Waals surface area (Å²) < 4.78 is 5.25. The van der Waals surface area contributed by atoms with E-state index in [9.17, 15) is 4.79 Å². The fraction of sp³-hybridized carbons (Fsp3) is 0.250. The summed E-state index contributed by atoms with van der Waals surface area (Å²) in [5.74, 6) is 0.572. The second kappa shape index (κ2) is 8.82. The van der Waals surface area contributed by atoms with Gasteiger partial charge in [0.2, 0.25) is 5.13 Å². The van der Waals surface area contributed by atoms with Crippen molar-refractivity contribution >= 4 is 35.7 Å². The third-order valence-electron chi connectivity index (χ3n) is 4.24. The standard InChI is InChI=1S/C20H22BN3O2S/c1-3-4-12-24(19(25)15-6-5-7-17(13-15)26-2)20-23-22-18(27-20)14-8-10-16(21)11-9-14/h5-11,13H,3-4,12,21H2,1-2H3. The number of amides is 1. The normalized spacial score (nSPS) is 10.6. The molecule has 0 aliphatic carbocycles. The second-order valence-corrected chi connectivity index (χ2v) is 7.25. The molecule has 27 heavy (non-hydrogen) atoms. The monoisotopic (exact) mass is 379 g/mol. The summed E-state index contributed by atoms with van der Waals surface area (Å²) in [7, 11) is 3.64. The van der Waals surface area contributed by atoms with E-state index < -0.39 is 0 Å². The van der Waals surface area contributed by atoms with Gasteiger partial charge in [0.05, 0.1) is 7.11 Å². The van der Waals surface area contributed by atoms with Gasteiger partial charge in [0.25, 0.3) is 5.91 Å². The van der Waals surface area contributed by atoms with Crippen LogP contribution in [0.3, 0.4) is 0 Å². The lowest BCUT2D eigenvalue weighted by atomic mass is 9.95. The Bertz CT molecular complexity index is 912. The van der Waals surface area contributed by atoms with E-state index in [0.29, 0.717) is 23.0 Å². The van der Waals surface area contributed by atoms with Crippen molar-refractivity contribution in [3.8, 4) is 16.3 Å². The molecule has 1 amide bonds. The minimum absolute atomic E-state index is 0.0889. The van der Waals surface area contributed by atoms with Gasteiger partial charge in [0.1, 0.15) is 18.6 Å². The van der Waals surface area contributed by atoms with Gasteiger partial charge >= 0.3 is 0 Å². The van der Waals surface area contributed by atoms with Crippen molar-refractivity contribution < 1.29 is 9.53 Å². The second-order valence-electron chi connectivity index (χ2n) is 6.30. The molecule has 0 aliphatic rings. The van der Waals surface area contributed by atoms with Crippen LogP contribution in [-0.4, -0.2) is 37.6 Å². The molecule has 138 valence electrons. The molecule has 0 saturated heterocycles. The zero-order valence-electron chi connectivity index (χ0n) is 15.8. The minimum atomic E-state index is -0.0889. The molecule has 0 spiro atoms. The zero-order chi connectivity index (χ0) is 19.2. The van der Waals surface area contributed by atoms with Crippen LogP contribution in [0.2, 0.25) is 0 Å². The molecule has 2 aromatic carbocycles. The van der Waals surface area contributed by atoms with E-state index in [2.05, 4.69) is 25.0 Å². The molecule has 0 fully saturated rings. The third kappa shape index (κ3) is 4.55. The van der Waals surface area contributed by atoms with Crippen molar-refractivity contribution in [3.63, 3.8) is 0 Å². The summed E-state index contributed by atoms with van der Waals surface area (Å²) in [6.07, 6.45) is 1.89. The summed E-state index contributed by atoms with van der Waals surface area (Å²) in [6, 6.07) is 15.4. The summed E-state index contributed by atoms with van der Waals surface area (Å²) in [4.78, 5) is 14.8. The van der Waals surface area contributed by atoms with Gasteiger partial charge in [0.15, 0.2) is 0 Å². The quantitative estimate of drug-likeness (QED) is 0.593. The number of carbonyl (C=O) groups is 1. The van der Waals surface area contributed by atoms with E-state index in [1.165, 1.54) is 16.8 Å². The number of methoxy groups -OCH3 is 1. The molecule has 0 unspecified atom stereocenters. The number of aromatic nitrogens is 2.